The third-order valence-electron chi connectivity index (χ3n) is 2.84. The van der Waals surface area contributed by atoms with Gasteiger partial charge in [0.05, 0.1) is 16.9 Å². The first kappa shape index (κ1) is 13.4. The highest BCUT2D eigenvalue weighted by Crippen LogP contribution is 2.25. The second-order valence-corrected chi connectivity index (χ2v) is 5.02. The number of nitrogens with zero attached hydrogens (tertiary/aromatic N) is 1. The number of H-pyrrole nitrogens is 1. The topological polar surface area (TPSA) is 67.0 Å². The molecule has 0 atom stereocenters. The summed E-state index contributed by atoms with van der Waals surface area (Å²) in [6, 6.07) is 10.8. The van der Waals surface area contributed by atoms with Crippen LogP contribution in [0.15, 0.2) is 53.5 Å². The number of rotatable bonds is 5. The number of ether oxygens (including phenoxy) is 1. The zero-order chi connectivity index (χ0) is 14.5. The van der Waals surface area contributed by atoms with Gasteiger partial charge in [-0.2, -0.15) is 0 Å². The van der Waals surface area contributed by atoms with Crippen LogP contribution >= 0.6 is 11.3 Å². The number of aromatic amines is 1. The molecule has 21 heavy (non-hydrogen) atoms. The van der Waals surface area contributed by atoms with Gasteiger partial charge in [0, 0.05) is 11.6 Å². The van der Waals surface area contributed by atoms with Crippen molar-refractivity contribution in [1.29, 1.82) is 0 Å². The average Bonchev–Trinajstić information content (AvgIpc) is 3.20. The molecule has 0 aliphatic carbocycles. The van der Waals surface area contributed by atoms with Crippen molar-refractivity contribution in [2.45, 2.75) is 6.61 Å². The summed E-state index contributed by atoms with van der Waals surface area (Å²) in [6.07, 6.45) is 1.71. The summed E-state index contributed by atoms with van der Waals surface area (Å²) in [7, 11) is 0. The number of hydrogen-bond acceptors (Lipinski definition) is 4. The van der Waals surface area contributed by atoms with Crippen molar-refractivity contribution >= 4 is 22.9 Å². The number of carbonyl (C=O) groups is 1. The monoisotopic (exact) mass is 299 g/mol. The van der Waals surface area contributed by atoms with Crippen LogP contribution in [0.3, 0.4) is 0 Å². The minimum Gasteiger partial charge on any atom is -0.485 e. The molecule has 0 bridgehead atoms. The standard InChI is InChI=1S/C15H13N3O2S/c19-15(13-5-3-7-16-13)18-12-4-1-2-6-14(12)20-8-11-9-21-10-17-11/h1-7,9-10,16H,8H2,(H,18,19). The highest BCUT2D eigenvalue weighted by Gasteiger charge is 2.10. The molecule has 0 aliphatic rings. The fourth-order valence-corrected chi connectivity index (χ4v) is 2.36. The lowest BCUT2D eigenvalue weighted by atomic mass is 10.2. The van der Waals surface area contributed by atoms with E-state index in [0.29, 0.717) is 23.7 Å². The summed E-state index contributed by atoms with van der Waals surface area (Å²) in [6.45, 7) is 0.374. The summed E-state index contributed by atoms with van der Waals surface area (Å²) in [5, 5.41) is 4.76. The minimum atomic E-state index is -0.204. The van der Waals surface area contributed by atoms with Gasteiger partial charge in [0.15, 0.2) is 0 Å². The smallest absolute Gasteiger partial charge is 0.272 e. The van der Waals surface area contributed by atoms with Crippen LogP contribution in [0.5, 0.6) is 5.75 Å². The normalized spacial score (nSPS) is 10.3. The molecule has 2 N–H and O–H groups in total. The fraction of sp³-hybridized carbons (Fsp3) is 0.0667. The van der Waals surface area contributed by atoms with E-state index in [4.69, 9.17) is 4.74 Å². The zero-order valence-electron chi connectivity index (χ0n) is 11.1. The number of benzene rings is 1. The van der Waals surface area contributed by atoms with Crippen molar-refractivity contribution in [1.82, 2.24) is 9.97 Å². The molecule has 5 nitrogen and oxygen atoms in total. The van der Waals surface area contributed by atoms with Gasteiger partial charge in [0.2, 0.25) is 0 Å². The number of anilines is 1. The Bertz CT molecular complexity index is 708. The molecule has 0 radical (unpaired) electrons. The van der Waals surface area contributed by atoms with E-state index in [1.165, 1.54) is 11.3 Å². The van der Waals surface area contributed by atoms with E-state index in [0.717, 1.165) is 5.69 Å². The molecule has 0 saturated heterocycles. The predicted octanol–water partition coefficient (Wildman–Crippen LogP) is 3.30. The summed E-state index contributed by atoms with van der Waals surface area (Å²) < 4.78 is 5.72. The van der Waals surface area contributed by atoms with Gasteiger partial charge in [-0.05, 0) is 24.3 Å². The highest BCUT2D eigenvalue weighted by molar-refractivity contribution is 7.07. The Labute approximate surface area is 125 Å². The molecule has 2 aromatic heterocycles. The van der Waals surface area contributed by atoms with Crippen LogP contribution in [0.2, 0.25) is 0 Å². The van der Waals surface area contributed by atoms with E-state index in [9.17, 15) is 4.79 Å². The number of aromatic nitrogens is 2. The second kappa shape index (κ2) is 6.23. The predicted molar refractivity (Wildman–Crippen MR) is 81.6 cm³/mol. The molecule has 0 spiro atoms. The van der Waals surface area contributed by atoms with E-state index in [1.54, 1.807) is 29.9 Å². The summed E-state index contributed by atoms with van der Waals surface area (Å²) >= 11 is 1.52. The average molecular weight is 299 g/mol. The molecule has 6 heteroatoms. The molecule has 0 aliphatic heterocycles. The molecule has 3 aromatic rings. The van der Waals surface area contributed by atoms with E-state index < -0.39 is 0 Å². The lowest BCUT2D eigenvalue weighted by molar-refractivity contribution is 0.102. The Morgan fingerprint density at radius 2 is 2.19 bits per heavy atom. The van der Waals surface area contributed by atoms with Crippen molar-refractivity contribution in [2.75, 3.05) is 5.32 Å². The molecule has 1 amide bonds. The van der Waals surface area contributed by atoms with Crippen LogP contribution in [0, 0.1) is 0 Å². The van der Waals surface area contributed by atoms with Crippen molar-refractivity contribution in [3.63, 3.8) is 0 Å². The number of nitrogens with one attached hydrogen (secondary N) is 2. The SMILES string of the molecule is O=C(Nc1ccccc1OCc1cscn1)c1ccc[nH]1. The highest BCUT2D eigenvalue weighted by atomic mass is 32.1. The molecular weight excluding hydrogens is 286 g/mol. The van der Waals surface area contributed by atoms with E-state index >= 15 is 0 Å². The van der Waals surface area contributed by atoms with Crippen molar-refractivity contribution in [2.24, 2.45) is 0 Å². The molecule has 106 valence electrons. The first-order valence-electron chi connectivity index (χ1n) is 6.36. The number of thiazole rings is 1. The Hall–Kier alpha value is -2.60. The number of carbonyl (C=O) groups excluding carboxylic acids is 1. The summed E-state index contributed by atoms with van der Waals surface area (Å²) in [5.41, 5.74) is 3.76. The third-order valence-corrected chi connectivity index (χ3v) is 3.47. The molecule has 0 saturated carbocycles. The van der Waals surface area contributed by atoms with Crippen molar-refractivity contribution < 1.29 is 9.53 Å². The Morgan fingerprint density at radius 1 is 1.29 bits per heavy atom. The van der Waals surface area contributed by atoms with Gasteiger partial charge in [0.25, 0.3) is 5.91 Å². The number of para-hydroxylation sites is 2. The van der Waals surface area contributed by atoms with E-state index in [1.807, 2.05) is 23.6 Å². The van der Waals surface area contributed by atoms with E-state index in [-0.39, 0.29) is 5.91 Å². The molecule has 1 aromatic carbocycles. The van der Waals surface area contributed by atoms with Crippen LogP contribution < -0.4 is 10.1 Å². The molecule has 0 fully saturated rings. The quantitative estimate of drug-likeness (QED) is 0.759. The minimum absolute atomic E-state index is 0.204. The first-order valence-corrected chi connectivity index (χ1v) is 7.31. The molecule has 0 unspecified atom stereocenters. The van der Waals surface area contributed by atoms with Gasteiger partial charge in [-0.3, -0.25) is 4.79 Å². The molecular formula is C15H13N3O2S. The van der Waals surface area contributed by atoms with E-state index in [2.05, 4.69) is 15.3 Å². The first-order chi connectivity index (χ1) is 10.3. The molecule has 3 rings (SSSR count). The maximum Gasteiger partial charge on any atom is 0.272 e. The fourth-order valence-electron chi connectivity index (χ4n) is 1.82. The second-order valence-electron chi connectivity index (χ2n) is 4.30. The van der Waals surface area contributed by atoms with Crippen LogP contribution in [-0.2, 0) is 6.61 Å². The van der Waals surface area contributed by atoms with Crippen LogP contribution in [0.4, 0.5) is 5.69 Å². The van der Waals surface area contributed by atoms with Gasteiger partial charge in [-0.25, -0.2) is 4.98 Å². The van der Waals surface area contributed by atoms with Gasteiger partial charge < -0.3 is 15.0 Å². The third kappa shape index (κ3) is 3.29. The van der Waals surface area contributed by atoms with Gasteiger partial charge in [-0.15, -0.1) is 11.3 Å². The lowest BCUT2D eigenvalue weighted by Gasteiger charge is -2.11. The van der Waals surface area contributed by atoms with Gasteiger partial charge in [0.1, 0.15) is 18.1 Å². The largest absolute Gasteiger partial charge is 0.485 e. The Kier molecular flexibility index (Phi) is 3.97. The van der Waals surface area contributed by atoms with Gasteiger partial charge >= 0.3 is 0 Å². The number of hydrogen-bond donors (Lipinski definition) is 2. The van der Waals surface area contributed by atoms with Gasteiger partial charge in [-0.1, -0.05) is 12.1 Å². The maximum atomic E-state index is 12.1. The number of amides is 1. The summed E-state index contributed by atoms with van der Waals surface area (Å²) in [5.74, 6) is 0.412. The zero-order valence-corrected chi connectivity index (χ0v) is 11.9. The summed E-state index contributed by atoms with van der Waals surface area (Å²) in [4.78, 5) is 19.1. The van der Waals surface area contributed by atoms with Crippen LogP contribution in [0.1, 0.15) is 16.2 Å². The maximum absolute atomic E-state index is 12.1. The Morgan fingerprint density at radius 3 is 2.95 bits per heavy atom. The van der Waals surface area contributed by atoms with Crippen molar-refractivity contribution in [3.8, 4) is 5.75 Å². The van der Waals surface area contributed by atoms with Crippen molar-refractivity contribution in [3.05, 3.63) is 64.9 Å². The Balaban J connectivity index is 1.71. The lowest BCUT2D eigenvalue weighted by Crippen LogP contribution is -2.13. The van der Waals surface area contributed by atoms with Crippen LogP contribution in [0.25, 0.3) is 0 Å². The van der Waals surface area contributed by atoms with Crippen LogP contribution in [-0.4, -0.2) is 15.9 Å². The molecule has 2 heterocycles.